The summed E-state index contributed by atoms with van der Waals surface area (Å²) in [5, 5.41) is 10.5. The van der Waals surface area contributed by atoms with Crippen molar-refractivity contribution in [3.8, 4) is 0 Å². The van der Waals surface area contributed by atoms with E-state index in [0.29, 0.717) is 0 Å². The van der Waals surface area contributed by atoms with Crippen molar-refractivity contribution in [3.63, 3.8) is 0 Å². The Morgan fingerprint density at radius 1 is 1.11 bits per heavy atom. The molecule has 0 aromatic heterocycles. The maximum Gasteiger partial charge on any atom is 0.269 e. The van der Waals surface area contributed by atoms with Crippen molar-refractivity contribution >= 4 is 17.6 Å². The summed E-state index contributed by atoms with van der Waals surface area (Å²) in [5.74, 6) is 0. The Bertz CT molecular complexity index is 631. The Kier molecular flexibility index (Phi) is 3.71. The van der Waals surface area contributed by atoms with Gasteiger partial charge in [-0.25, -0.2) is 0 Å². The van der Waals surface area contributed by atoms with Crippen LogP contribution in [-0.2, 0) is 0 Å². The molecular weight excluding hydrogens is 240 g/mol. The lowest BCUT2D eigenvalue weighted by atomic mass is 10.1. The summed E-state index contributed by atoms with van der Waals surface area (Å²) in [4.78, 5) is 14.6. The van der Waals surface area contributed by atoms with E-state index in [0.717, 1.165) is 16.8 Å². The Balaban J connectivity index is 2.23. The van der Waals surface area contributed by atoms with Gasteiger partial charge in [0.2, 0.25) is 0 Å². The van der Waals surface area contributed by atoms with E-state index in [1.165, 1.54) is 17.7 Å². The Labute approximate surface area is 111 Å². The lowest BCUT2D eigenvalue weighted by Gasteiger charge is -2.02. The van der Waals surface area contributed by atoms with Gasteiger partial charge in [0.05, 0.1) is 10.6 Å². The number of hydrogen-bond acceptors (Lipinski definition) is 3. The standard InChI is InChI=1S/C15H14N2O2/c1-11-4-3-5-15(12(11)2)16-10-13-6-8-14(9-7-13)17(18)19/h3-10H,1-2H3. The molecule has 0 saturated carbocycles. The molecule has 0 bridgehead atoms. The van der Waals surface area contributed by atoms with E-state index in [4.69, 9.17) is 0 Å². The van der Waals surface area contributed by atoms with Crippen LogP contribution in [-0.4, -0.2) is 11.1 Å². The molecule has 0 N–H and O–H groups in total. The highest BCUT2D eigenvalue weighted by Crippen LogP contribution is 2.21. The molecule has 0 atom stereocenters. The van der Waals surface area contributed by atoms with E-state index in [1.54, 1.807) is 18.3 Å². The van der Waals surface area contributed by atoms with Crippen molar-refractivity contribution in [1.82, 2.24) is 0 Å². The first-order valence-electron chi connectivity index (χ1n) is 5.92. The number of nitro benzene ring substituents is 1. The fraction of sp³-hybridized carbons (Fsp3) is 0.133. The lowest BCUT2D eigenvalue weighted by molar-refractivity contribution is -0.384. The van der Waals surface area contributed by atoms with Gasteiger partial charge in [0.1, 0.15) is 0 Å². The van der Waals surface area contributed by atoms with Crippen LogP contribution in [0.5, 0.6) is 0 Å². The molecule has 0 amide bonds. The van der Waals surface area contributed by atoms with Gasteiger partial charge < -0.3 is 0 Å². The summed E-state index contributed by atoms with van der Waals surface area (Å²) < 4.78 is 0. The summed E-state index contributed by atoms with van der Waals surface area (Å²) in [5.41, 5.74) is 4.17. The molecule has 96 valence electrons. The molecule has 0 unspecified atom stereocenters. The molecule has 2 rings (SSSR count). The fourth-order valence-electron chi connectivity index (χ4n) is 1.70. The molecule has 0 saturated heterocycles. The molecule has 0 fully saturated rings. The summed E-state index contributed by atoms with van der Waals surface area (Å²) >= 11 is 0. The topological polar surface area (TPSA) is 55.5 Å². The van der Waals surface area contributed by atoms with Crippen molar-refractivity contribution < 1.29 is 4.92 Å². The van der Waals surface area contributed by atoms with Crippen LogP contribution in [0.3, 0.4) is 0 Å². The number of nitrogens with zero attached hydrogens (tertiary/aromatic N) is 2. The summed E-state index contributed by atoms with van der Waals surface area (Å²) in [6.07, 6.45) is 1.71. The van der Waals surface area contributed by atoms with Crippen LogP contribution < -0.4 is 0 Å². The molecule has 4 nitrogen and oxygen atoms in total. The van der Waals surface area contributed by atoms with Crippen LogP contribution in [0.2, 0.25) is 0 Å². The zero-order chi connectivity index (χ0) is 13.8. The maximum atomic E-state index is 10.5. The highest BCUT2D eigenvalue weighted by Gasteiger charge is 2.03. The van der Waals surface area contributed by atoms with Gasteiger partial charge in [0.25, 0.3) is 5.69 Å². The summed E-state index contributed by atoms with van der Waals surface area (Å²) in [7, 11) is 0. The molecule has 2 aromatic carbocycles. The SMILES string of the molecule is Cc1cccc(N=Cc2ccc([N+](=O)[O-])cc2)c1C. The zero-order valence-corrected chi connectivity index (χ0v) is 10.8. The second-order valence-corrected chi connectivity index (χ2v) is 4.33. The van der Waals surface area contributed by atoms with Gasteiger partial charge in [-0.1, -0.05) is 12.1 Å². The molecule has 0 heterocycles. The number of hydrogen-bond donors (Lipinski definition) is 0. The zero-order valence-electron chi connectivity index (χ0n) is 10.8. The van der Waals surface area contributed by atoms with Gasteiger partial charge in [-0.3, -0.25) is 15.1 Å². The molecule has 0 radical (unpaired) electrons. The summed E-state index contributed by atoms with van der Waals surface area (Å²) in [6, 6.07) is 12.3. The van der Waals surface area contributed by atoms with Crippen LogP contribution in [0.4, 0.5) is 11.4 Å². The van der Waals surface area contributed by atoms with Gasteiger partial charge in [0, 0.05) is 18.3 Å². The Morgan fingerprint density at radius 2 is 1.79 bits per heavy atom. The van der Waals surface area contributed by atoms with Crippen LogP contribution in [0.25, 0.3) is 0 Å². The molecule has 19 heavy (non-hydrogen) atoms. The summed E-state index contributed by atoms with van der Waals surface area (Å²) in [6.45, 7) is 4.07. The van der Waals surface area contributed by atoms with Crippen LogP contribution >= 0.6 is 0 Å². The predicted octanol–water partition coefficient (Wildman–Crippen LogP) is 3.96. The largest absolute Gasteiger partial charge is 0.269 e. The van der Waals surface area contributed by atoms with Gasteiger partial charge in [-0.05, 0) is 48.7 Å². The number of rotatable bonds is 3. The third kappa shape index (κ3) is 3.04. The Morgan fingerprint density at radius 3 is 2.42 bits per heavy atom. The van der Waals surface area contributed by atoms with E-state index in [2.05, 4.69) is 4.99 Å². The fourth-order valence-corrected chi connectivity index (χ4v) is 1.70. The smallest absolute Gasteiger partial charge is 0.258 e. The van der Waals surface area contributed by atoms with Crippen molar-refractivity contribution in [2.75, 3.05) is 0 Å². The number of nitro groups is 1. The minimum atomic E-state index is -0.411. The van der Waals surface area contributed by atoms with E-state index in [1.807, 2.05) is 32.0 Å². The van der Waals surface area contributed by atoms with Gasteiger partial charge in [-0.2, -0.15) is 0 Å². The molecule has 2 aromatic rings. The number of benzene rings is 2. The lowest BCUT2D eigenvalue weighted by Crippen LogP contribution is -1.88. The molecule has 0 aliphatic heterocycles. The third-order valence-corrected chi connectivity index (χ3v) is 3.03. The van der Waals surface area contributed by atoms with Crippen molar-refractivity contribution in [3.05, 3.63) is 69.3 Å². The van der Waals surface area contributed by atoms with E-state index in [9.17, 15) is 10.1 Å². The van der Waals surface area contributed by atoms with Crippen LogP contribution in [0.15, 0.2) is 47.5 Å². The number of aliphatic imine (C=N–C) groups is 1. The minimum absolute atomic E-state index is 0.0869. The molecule has 0 aliphatic carbocycles. The van der Waals surface area contributed by atoms with Gasteiger partial charge >= 0.3 is 0 Å². The Hall–Kier alpha value is -2.49. The monoisotopic (exact) mass is 254 g/mol. The quantitative estimate of drug-likeness (QED) is 0.473. The highest BCUT2D eigenvalue weighted by molar-refractivity contribution is 5.82. The first-order chi connectivity index (χ1) is 9.08. The second-order valence-electron chi connectivity index (χ2n) is 4.33. The van der Waals surface area contributed by atoms with Gasteiger partial charge in [0.15, 0.2) is 0 Å². The average Bonchev–Trinajstić information content (AvgIpc) is 2.41. The van der Waals surface area contributed by atoms with Crippen molar-refractivity contribution in [2.45, 2.75) is 13.8 Å². The number of non-ortho nitro benzene ring substituents is 1. The molecule has 0 spiro atoms. The van der Waals surface area contributed by atoms with Crippen LogP contribution in [0.1, 0.15) is 16.7 Å². The van der Waals surface area contributed by atoms with Gasteiger partial charge in [-0.15, -0.1) is 0 Å². The second kappa shape index (κ2) is 5.44. The van der Waals surface area contributed by atoms with E-state index in [-0.39, 0.29) is 5.69 Å². The molecular formula is C15H14N2O2. The first kappa shape index (κ1) is 13.0. The third-order valence-electron chi connectivity index (χ3n) is 3.03. The minimum Gasteiger partial charge on any atom is -0.258 e. The number of aryl methyl sites for hydroxylation is 1. The first-order valence-corrected chi connectivity index (χ1v) is 5.92. The normalized spacial score (nSPS) is 10.8. The molecule has 0 aliphatic rings. The van der Waals surface area contributed by atoms with Crippen molar-refractivity contribution in [2.24, 2.45) is 4.99 Å². The van der Waals surface area contributed by atoms with Crippen molar-refractivity contribution in [1.29, 1.82) is 0 Å². The van der Waals surface area contributed by atoms with Crippen LogP contribution in [0, 0.1) is 24.0 Å². The predicted molar refractivity (Wildman–Crippen MR) is 76.3 cm³/mol. The highest BCUT2D eigenvalue weighted by atomic mass is 16.6. The van der Waals surface area contributed by atoms with E-state index < -0.39 is 4.92 Å². The average molecular weight is 254 g/mol. The van der Waals surface area contributed by atoms with E-state index >= 15 is 0 Å². The molecule has 4 heteroatoms. The maximum absolute atomic E-state index is 10.5.